The van der Waals surface area contributed by atoms with Crippen molar-refractivity contribution in [1.82, 2.24) is 0 Å². The van der Waals surface area contributed by atoms with E-state index in [1.165, 1.54) is 13.2 Å². The van der Waals surface area contributed by atoms with E-state index in [4.69, 9.17) is 15.7 Å². The lowest BCUT2D eigenvalue weighted by atomic mass is 10.1. The fourth-order valence-electron chi connectivity index (χ4n) is 1.30. The van der Waals surface area contributed by atoms with E-state index >= 15 is 0 Å². The van der Waals surface area contributed by atoms with E-state index in [1.807, 2.05) is 0 Å². The zero-order valence-corrected chi connectivity index (χ0v) is 8.77. The van der Waals surface area contributed by atoms with Crippen molar-refractivity contribution >= 4 is 5.97 Å². The van der Waals surface area contributed by atoms with Gasteiger partial charge in [0.05, 0.1) is 13.7 Å². The molecule has 0 radical (unpaired) electrons. The number of rotatable bonds is 5. The lowest BCUT2D eigenvalue weighted by Gasteiger charge is -2.09. The van der Waals surface area contributed by atoms with Crippen LogP contribution in [-0.4, -0.2) is 29.9 Å². The largest absolute Gasteiger partial charge is 0.504 e. The van der Waals surface area contributed by atoms with Gasteiger partial charge in [0.2, 0.25) is 0 Å². The molecule has 1 rings (SSSR count). The third-order valence-corrected chi connectivity index (χ3v) is 2.09. The summed E-state index contributed by atoms with van der Waals surface area (Å²) in [6, 6.07) is 2.90. The maximum atomic E-state index is 10.8. The van der Waals surface area contributed by atoms with Crippen LogP contribution in [0.4, 0.5) is 0 Å². The summed E-state index contributed by atoms with van der Waals surface area (Å²) in [5.41, 5.74) is 0.462. The fraction of sp³-hybridized carbons (Fsp3) is 0.300. The van der Waals surface area contributed by atoms with Crippen molar-refractivity contribution in [2.45, 2.75) is 6.42 Å². The molecule has 6 nitrogen and oxygen atoms in total. The Kier molecular flexibility index (Phi) is 4.10. The molecule has 0 amide bonds. The third-order valence-electron chi connectivity index (χ3n) is 2.09. The number of carboxylic acids is 1. The second kappa shape index (κ2) is 5.34. The number of carboxylic acid groups (broad SMARTS) is 1. The normalized spacial score (nSPS) is 10.1. The minimum Gasteiger partial charge on any atom is -0.504 e. The molecule has 0 bridgehead atoms. The molecule has 0 aromatic heterocycles. The van der Waals surface area contributed by atoms with Gasteiger partial charge in [-0.05, 0) is 24.1 Å². The second-order valence-electron chi connectivity index (χ2n) is 3.12. The number of benzene rings is 1. The molecule has 16 heavy (non-hydrogen) atoms. The molecule has 0 saturated carbocycles. The van der Waals surface area contributed by atoms with E-state index < -0.39 is 5.97 Å². The van der Waals surface area contributed by atoms with Crippen LogP contribution >= 0.6 is 0 Å². The first kappa shape index (κ1) is 12.3. The van der Waals surface area contributed by atoms with Gasteiger partial charge in [-0.25, -0.2) is 10.7 Å². The summed E-state index contributed by atoms with van der Waals surface area (Å²) in [4.78, 5) is 15.2. The van der Waals surface area contributed by atoms with Gasteiger partial charge in [-0.2, -0.15) is 0 Å². The Balaban J connectivity index is 3.12. The molecular weight excluding hydrogens is 214 g/mol. The molecule has 0 spiro atoms. The van der Waals surface area contributed by atoms with Crippen molar-refractivity contribution in [2.75, 3.05) is 13.7 Å². The number of hydrogen-bond acceptors (Lipinski definition) is 5. The van der Waals surface area contributed by atoms with Gasteiger partial charge >= 0.3 is 5.97 Å². The van der Waals surface area contributed by atoms with Crippen LogP contribution in [-0.2, 0) is 11.3 Å². The Morgan fingerprint density at radius 3 is 2.69 bits per heavy atom. The predicted molar refractivity (Wildman–Crippen MR) is 55.5 cm³/mol. The van der Waals surface area contributed by atoms with E-state index in [1.54, 1.807) is 6.07 Å². The van der Waals surface area contributed by atoms with Gasteiger partial charge in [-0.15, -0.1) is 0 Å². The number of hydrogen-bond donors (Lipinski definition) is 3. The van der Waals surface area contributed by atoms with E-state index in [0.29, 0.717) is 12.0 Å². The number of phenols is 1. The van der Waals surface area contributed by atoms with Crippen LogP contribution < -0.4 is 10.6 Å². The van der Waals surface area contributed by atoms with Crippen molar-refractivity contribution in [3.05, 3.63) is 23.3 Å². The fourth-order valence-corrected chi connectivity index (χ4v) is 1.30. The summed E-state index contributed by atoms with van der Waals surface area (Å²) < 4.78 is 4.87. The minimum absolute atomic E-state index is 0.118. The highest BCUT2D eigenvalue weighted by Crippen LogP contribution is 2.31. The Morgan fingerprint density at radius 1 is 1.50 bits per heavy atom. The number of aromatic hydroxyl groups is 1. The van der Waals surface area contributed by atoms with Crippen molar-refractivity contribution in [3.8, 4) is 11.5 Å². The number of carbonyl (C=O) groups is 1. The van der Waals surface area contributed by atoms with Gasteiger partial charge in [-0.3, -0.25) is 0 Å². The van der Waals surface area contributed by atoms with Gasteiger partial charge in [-0.1, -0.05) is 0 Å². The van der Waals surface area contributed by atoms with Gasteiger partial charge in [0.1, 0.15) is 5.56 Å². The monoisotopic (exact) mass is 227 g/mol. The second-order valence-corrected chi connectivity index (χ2v) is 3.12. The van der Waals surface area contributed by atoms with E-state index in [9.17, 15) is 9.90 Å². The molecule has 0 atom stereocenters. The molecule has 0 heterocycles. The quantitative estimate of drug-likeness (QED) is 0.634. The highest BCUT2D eigenvalue weighted by Gasteiger charge is 2.15. The molecule has 6 heteroatoms. The van der Waals surface area contributed by atoms with Crippen LogP contribution in [0, 0.1) is 0 Å². The van der Waals surface area contributed by atoms with Crippen LogP contribution in [0.1, 0.15) is 15.9 Å². The molecule has 0 aliphatic rings. The number of aromatic carboxylic acids is 1. The number of nitrogens with two attached hydrogens (primary N) is 1. The van der Waals surface area contributed by atoms with Crippen LogP contribution in [0.15, 0.2) is 12.1 Å². The van der Waals surface area contributed by atoms with Crippen molar-refractivity contribution in [3.63, 3.8) is 0 Å². The zero-order chi connectivity index (χ0) is 12.1. The molecule has 1 aromatic carbocycles. The molecule has 0 saturated heterocycles. The summed E-state index contributed by atoms with van der Waals surface area (Å²) in [6.45, 7) is 0.257. The lowest BCUT2D eigenvalue weighted by Crippen LogP contribution is -2.06. The Bertz CT molecular complexity index is 391. The third kappa shape index (κ3) is 2.62. The standard InChI is InChI=1S/C10H13NO5/c1-15-8-5-6(2-3-16-11)4-7(9(8)12)10(13)14/h4-5,12H,2-3,11H2,1H3,(H,13,14). The van der Waals surface area contributed by atoms with Crippen LogP contribution in [0.25, 0.3) is 0 Å². The molecule has 0 aliphatic heterocycles. The summed E-state index contributed by atoms with van der Waals surface area (Å²) in [6.07, 6.45) is 0.438. The molecule has 4 N–H and O–H groups in total. The maximum Gasteiger partial charge on any atom is 0.339 e. The van der Waals surface area contributed by atoms with Crippen molar-refractivity contribution in [1.29, 1.82) is 0 Å². The van der Waals surface area contributed by atoms with E-state index in [2.05, 4.69) is 4.84 Å². The Labute approximate surface area is 92.2 Å². The average Bonchev–Trinajstić information content (AvgIpc) is 2.27. The lowest BCUT2D eigenvalue weighted by molar-refractivity contribution is 0.0692. The highest BCUT2D eigenvalue weighted by molar-refractivity contribution is 5.92. The minimum atomic E-state index is -1.22. The molecule has 1 aromatic rings. The summed E-state index contributed by atoms with van der Waals surface area (Å²) in [5, 5.41) is 18.4. The first-order chi connectivity index (χ1) is 7.60. The van der Waals surface area contributed by atoms with E-state index in [0.717, 1.165) is 0 Å². The molecule has 0 unspecified atom stereocenters. The molecular formula is C10H13NO5. The summed E-state index contributed by atoms with van der Waals surface area (Å²) in [7, 11) is 1.35. The van der Waals surface area contributed by atoms with Crippen LogP contribution in [0.3, 0.4) is 0 Å². The van der Waals surface area contributed by atoms with Gasteiger partial charge in [0.25, 0.3) is 0 Å². The molecule has 0 fully saturated rings. The summed E-state index contributed by atoms with van der Waals surface area (Å²) in [5.74, 6) is 3.40. The van der Waals surface area contributed by atoms with E-state index in [-0.39, 0.29) is 23.7 Å². The molecule has 88 valence electrons. The average molecular weight is 227 g/mol. The highest BCUT2D eigenvalue weighted by atomic mass is 16.6. The smallest absolute Gasteiger partial charge is 0.339 e. The predicted octanol–water partition coefficient (Wildman–Crippen LogP) is 0.532. The van der Waals surface area contributed by atoms with Crippen LogP contribution in [0.5, 0.6) is 11.5 Å². The first-order valence-corrected chi connectivity index (χ1v) is 4.55. The molecule has 0 aliphatic carbocycles. The number of ether oxygens (including phenoxy) is 1. The maximum absolute atomic E-state index is 10.8. The Hall–Kier alpha value is -1.79. The van der Waals surface area contributed by atoms with Gasteiger partial charge < -0.3 is 19.8 Å². The van der Waals surface area contributed by atoms with Crippen molar-refractivity contribution in [2.24, 2.45) is 5.90 Å². The van der Waals surface area contributed by atoms with Gasteiger partial charge in [0.15, 0.2) is 11.5 Å². The number of methoxy groups -OCH3 is 1. The van der Waals surface area contributed by atoms with Crippen molar-refractivity contribution < 1.29 is 24.6 Å². The summed E-state index contributed by atoms with van der Waals surface area (Å²) >= 11 is 0. The van der Waals surface area contributed by atoms with Gasteiger partial charge in [0, 0.05) is 0 Å². The Morgan fingerprint density at radius 2 is 2.19 bits per heavy atom. The first-order valence-electron chi connectivity index (χ1n) is 4.55. The topological polar surface area (TPSA) is 102 Å². The SMILES string of the molecule is COc1cc(CCON)cc(C(=O)O)c1O. The zero-order valence-electron chi connectivity index (χ0n) is 8.77. The van der Waals surface area contributed by atoms with Crippen LogP contribution in [0.2, 0.25) is 0 Å².